The summed E-state index contributed by atoms with van der Waals surface area (Å²) in [7, 11) is 0. The number of nitrogens with zero attached hydrogens (tertiary/aromatic N) is 1. The van der Waals surface area contributed by atoms with E-state index in [-0.39, 0.29) is 30.5 Å². The molecule has 0 amide bonds. The second kappa shape index (κ2) is 5.89. The minimum absolute atomic E-state index is 0.181. The molecule has 3 nitrogen and oxygen atoms in total. The van der Waals surface area contributed by atoms with Gasteiger partial charge >= 0.3 is 6.11 Å². The Morgan fingerprint density at radius 3 is 2.89 bits per heavy atom. The maximum absolute atomic E-state index is 14.3. The van der Waals surface area contributed by atoms with Crippen LogP contribution in [-0.4, -0.2) is 10.7 Å². The number of benzene rings is 2. The van der Waals surface area contributed by atoms with Gasteiger partial charge in [-0.25, -0.2) is 4.39 Å². The molecule has 5 rings (SSSR count). The molecule has 1 unspecified atom stereocenters. The van der Waals surface area contributed by atoms with Crippen molar-refractivity contribution in [3.05, 3.63) is 82.9 Å². The number of ether oxygens (including phenoxy) is 1. The third-order valence-corrected chi connectivity index (χ3v) is 5.28. The Balaban J connectivity index is 1.57. The number of aromatic nitrogens is 1. The highest BCUT2D eigenvalue weighted by Gasteiger charge is 2.36. The van der Waals surface area contributed by atoms with E-state index in [1.165, 1.54) is 6.07 Å². The van der Waals surface area contributed by atoms with E-state index in [1.54, 1.807) is 18.2 Å². The van der Waals surface area contributed by atoms with Crippen LogP contribution in [0.4, 0.5) is 13.2 Å². The topological polar surface area (TPSA) is 26.2 Å². The number of aryl methyl sites for hydroxylation is 1. The first kappa shape index (κ1) is 16.4. The van der Waals surface area contributed by atoms with Crippen molar-refractivity contribution in [3.63, 3.8) is 0 Å². The Hall–Kier alpha value is -2.73. The normalized spacial score (nSPS) is 20.0. The number of alkyl halides is 2. The van der Waals surface area contributed by atoms with Crippen LogP contribution in [0.1, 0.15) is 34.8 Å². The molecule has 2 aliphatic heterocycles. The van der Waals surface area contributed by atoms with E-state index in [4.69, 9.17) is 4.74 Å². The van der Waals surface area contributed by atoms with Crippen LogP contribution in [0.25, 0.3) is 5.69 Å². The lowest BCUT2D eigenvalue weighted by molar-refractivity contribution is -0.187. The Morgan fingerprint density at radius 1 is 1.11 bits per heavy atom. The minimum Gasteiger partial charge on any atom is -0.432 e. The number of halogens is 3. The molecule has 27 heavy (non-hydrogen) atoms. The fraction of sp³-hybridized carbons (Fsp3) is 0.238. The summed E-state index contributed by atoms with van der Waals surface area (Å²) < 4.78 is 48.0. The average Bonchev–Trinajstić information content (AvgIpc) is 3.06. The van der Waals surface area contributed by atoms with Gasteiger partial charge in [-0.05, 0) is 47.9 Å². The first-order valence-electron chi connectivity index (χ1n) is 8.90. The third kappa shape index (κ3) is 2.72. The van der Waals surface area contributed by atoms with Crippen LogP contribution in [0.2, 0.25) is 0 Å². The molecule has 1 atom stereocenters. The molecule has 1 N–H and O–H groups in total. The zero-order chi connectivity index (χ0) is 18.6. The predicted molar refractivity (Wildman–Crippen MR) is 94.7 cm³/mol. The van der Waals surface area contributed by atoms with E-state index >= 15 is 0 Å². The SMILES string of the molecule is Fc1cccc2c1CNC(c1ccc3c(c1)CCC(F)(F)O3)c1cccn1-2. The van der Waals surface area contributed by atoms with E-state index in [2.05, 4.69) is 5.32 Å². The summed E-state index contributed by atoms with van der Waals surface area (Å²) in [5.41, 5.74) is 4.10. The second-order valence-corrected chi connectivity index (χ2v) is 6.96. The molecule has 0 spiro atoms. The van der Waals surface area contributed by atoms with E-state index in [9.17, 15) is 13.2 Å². The molecular formula is C21H17F3N2O. The largest absolute Gasteiger partial charge is 0.432 e. The van der Waals surface area contributed by atoms with E-state index in [1.807, 2.05) is 35.0 Å². The summed E-state index contributed by atoms with van der Waals surface area (Å²) in [5, 5.41) is 3.41. The average molecular weight is 370 g/mol. The van der Waals surface area contributed by atoms with Crippen LogP contribution in [-0.2, 0) is 13.0 Å². The summed E-state index contributed by atoms with van der Waals surface area (Å²) in [6.07, 6.45) is -1.26. The molecular weight excluding hydrogens is 353 g/mol. The highest BCUT2D eigenvalue weighted by Crippen LogP contribution is 2.38. The van der Waals surface area contributed by atoms with Gasteiger partial charge in [-0.15, -0.1) is 0 Å². The van der Waals surface area contributed by atoms with Crippen LogP contribution >= 0.6 is 0 Å². The fourth-order valence-electron chi connectivity index (χ4n) is 3.96. The van der Waals surface area contributed by atoms with Crippen molar-refractivity contribution in [1.29, 1.82) is 0 Å². The van der Waals surface area contributed by atoms with Crippen LogP contribution < -0.4 is 10.1 Å². The maximum Gasteiger partial charge on any atom is 0.398 e. The molecule has 6 heteroatoms. The summed E-state index contributed by atoms with van der Waals surface area (Å²) in [4.78, 5) is 0. The molecule has 0 fully saturated rings. The van der Waals surface area contributed by atoms with Gasteiger partial charge in [0.05, 0.1) is 18.2 Å². The lowest BCUT2D eigenvalue weighted by atomic mass is 9.97. The fourth-order valence-corrected chi connectivity index (χ4v) is 3.96. The van der Waals surface area contributed by atoms with Crippen molar-refractivity contribution >= 4 is 0 Å². The molecule has 2 aliphatic rings. The van der Waals surface area contributed by atoms with Gasteiger partial charge in [-0.1, -0.05) is 18.2 Å². The number of hydrogen-bond donors (Lipinski definition) is 1. The number of hydrogen-bond acceptors (Lipinski definition) is 2. The summed E-state index contributed by atoms with van der Waals surface area (Å²) >= 11 is 0. The van der Waals surface area contributed by atoms with Crippen molar-refractivity contribution in [1.82, 2.24) is 9.88 Å². The molecule has 0 saturated carbocycles. The molecule has 0 bridgehead atoms. The van der Waals surface area contributed by atoms with E-state index in [0.29, 0.717) is 12.1 Å². The monoisotopic (exact) mass is 370 g/mol. The standard InChI is InChI=1S/C21H17F3N2O/c22-16-3-1-4-17-15(16)12-25-20(18-5-2-10-26(17)18)14-6-7-19-13(11-14)8-9-21(23,24)27-19/h1-7,10-11,20,25H,8-9,12H2. The van der Waals surface area contributed by atoms with E-state index < -0.39 is 6.11 Å². The second-order valence-electron chi connectivity index (χ2n) is 6.96. The lowest BCUT2D eigenvalue weighted by Gasteiger charge is -2.27. The quantitative estimate of drug-likeness (QED) is 0.670. The van der Waals surface area contributed by atoms with Gasteiger partial charge in [0.15, 0.2) is 0 Å². The van der Waals surface area contributed by atoms with Crippen molar-refractivity contribution in [3.8, 4) is 11.4 Å². The van der Waals surface area contributed by atoms with Crippen molar-refractivity contribution in [2.24, 2.45) is 0 Å². The molecule has 0 aliphatic carbocycles. The molecule has 2 aromatic carbocycles. The van der Waals surface area contributed by atoms with Gasteiger partial charge < -0.3 is 14.6 Å². The summed E-state index contributed by atoms with van der Waals surface area (Å²) in [5.74, 6) is -0.0188. The highest BCUT2D eigenvalue weighted by molar-refractivity contribution is 5.49. The number of nitrogens with one attached hydrogen (secondary N) is 1. The minimum atomic E-state index is -3.11. The molecule has 0 saturated heterocycles. The summed E-state index contributed by atoms with van der Waals surface area (Å²) in [6.45, 7) is 0.375. The van der Waals surface area contributed by atoms with Gasteiger partial charge in [0, 0.05) is 24.0 Å². The zero-order valence-corrected chi connectivity index (χ0v) is 14.4. The Morgan fingerprint density at radius 2 is 2.00 bits per heavy atom. The number of fused-ring (bicyclic) bond motifs is 4. The predicted octanol–water partition coefficient (Wildman–Crippen LogP) is 4.73. The van der Waals surface area contributed by atoms with Crippen LogP contribution in [0.3, 0.4) is 0 Å². The molecule has 138 valence electrons. The van der Waals surface area contributed by atoms with Gasteiger partial charge in [-0.2, -0.15) is 8.78 Å². The first-order chi connectivity index (χ1) is 13.0. The number of rotatable bonds is 1. The van der Waals surface area contributed by atoms with E-state index in [0.717, 1.165) is 22.5 Å². The van der Waals surface area contributed by atoms with Crippen molar-refractivity contribution < 1.29 is 17.9 Å². The maximum atomic E-state index is 14.3. The summed E-state index contributed by atoms with van der Waals surface area (Å²) in [6, 6.07) is 14.1. The lowest BCUT2D eigenvalue weighted by Crippen LogP contribution is -2.30. The molecule has 3 heterocycles. The van der Waals surface area contributed by atoms with Crippen molar-refractivity contribution in [2.75, 3.05) is 0 Å². The van der Waals surface area contributed by atoms with Crippen molar-refractivity contribution in [2.45, 2.75) is 31.5 Å². The van der Waals surface area contributed by atoms with Crippen LogP contribution in [0.5, 0.6) is 5.75 Å². The highest BCUT2D eigenvalue weighted by atomic mass is 19.3. The third-order valence-electron chi connectivity index (χ3n) is 5.28. The smallest absolute Gasteiger partial charge is 0.398 e. The molecule has 1 aromatic heterocycles. The Labute approximate surface area is 154 Å². The first-order valence-corrected chi connectivity index (χ1v) is 8.90. The van der Waals surface area contributed by atoms with Gasteiger partial charge in [-0.3, -0.25) is 0 Å². The van der Waals surface area contributed by atoms with Gasteiger partial charge in [0.2, 0.25) is 0 Å². The van der Waals surface area contributed by atoms with Gasteiger partial charge in [0.1, 0.15) is 11.6 Å². The molecule has 3 aromatic rings. The van der Waals surface area contributed by atoms with Crippen LogP contribution in [0.15, 0.2) is 54.7 Å². The van der Waals surface area contributed by atoms with Gasteiger partial charge in [0.25, 0.3) is 0 Å². The Kier molecular flexibility index (Phi) is 3.59. The molecule has 0 radical (unpaired) electrons. The van der Waals surface area contributed by atoms with Crippen LogP contribution in [0, 0.1) is 5.82 Å². The zero-order valence-electron chi connectivity index (χ0n) is 14.4. The Bertz CT molecular complexity index is 1030.